The SMILES string of the molecule is O=C(Nc1ccccc1Cn1cncn1)c1cc(-c2ccco2)n(-c2cccc(Cl)c2)n1. The van der Waals surface area contributed by atoms with E-state index < -0.39 is 0 Å². The molecule has 0 saturated heterocycles. The number of carbonyl (C=O) groups is 1. The standard InChI is InChI=1S/C23H17ClN6O2/c24-17-6-3-7-18(11-17)30-21(22-9-4-10-32-22)12-20(28-30)23(31)27-19-8-2-1-5-16(19)13-29-15-25-14-26-29/h1-12,14-15H,13H2,(H,27,31). The molecule has 5 rings (SSSR count). The van der Waals surface area contributed by atoms with E-state index in [-0.39, 0.29) is 11.6 Å². The molecule has 0 saturated carbocycles. The Bertz CT molecular complexity index is 1360. The molecule has 3 aromatic heterocycles. The molecule has 158 valence electrons. The predicted octanol–water partition coefficient (Wildman–Crippen LogP) is 4.68. The average Bonchev–Trinajstić information content (AvgIpc) is 3.56. The maximum atomic E-state index is 13.1. The van der Waals surface area contributed by atoms with E-state index >= 15 is 0 Å². The van der Waals surface area contributed by atoms with Crippen molar-refractivity contribution in [3.05, 3.63) is 102 Å². The van der Waals surface area contributed by atoms with E-state index in [0.29, 0.717) is 28.7 Å². The molecule has 2 aromatic carbocycles. The van der Waals surface area contributed by atoms with Crippen molar-refractivity contribution in [2.24, 2.45) is 0 Å². The summed E-state index contributed by atoms with van der Waals surface area (Å²) in [5, 5.41) is 12.2. The van der Waals surface area contributed by atoms with Gasteiger partial charge in [-0.2, -0.15) is 10.2 Å². The Labute approximate surface area is 188 Å². The number of furan rings is 1. The van der Waals surface area contributed by atoms with Crippen LogP contribution in [0.4, 0.5) is 5.69 Å². The number of nitrogens with one attached hydrogen (secondary N) is 1. The molecule has 0 bridgehead atoms. The van der Waals surface area contributed by atoms with Crippen LogP contribution in [0, 0.1) is 0 Å². The van der Waals surface area contributed by atoms with Crippen molar-refractivity contribution in [2.45, 2.75) is 6.54 Å². The monoisotopic (exact) mass is 444 g/mol. The van der Waals surface area contributed by atoms with Crippen LogP contribution in [-0.2, 0) is 6.54 Å². The van der Waals surface area contributed by atoms with Crippen molar-refractivity contribution in [1.82, 2.24) is 24.5 Å². The number of nitrogens with zero attached hydrogens (tertiary/aromatic N) is 5. The first-order valence-electron chi connectivity index (χ1n) is 9.79. The Kier molecular flexibility index (Phi) is 5.27. The van der Waals surface area contributed by atoms with E-state index in [4.69, 9.17) is 16.0 Å². The zero-order valence-corrected chi connectivity index (χ0v) is 17.5. The van der Waals surface area contributed by atoms with Gasteiger partial charge in [0.2, 0.25) is 0 Å². The smallest absolute Gasteiger partial charge is 0.276 e. The van der Waals surface area contributed by atoms with Gasteiger partial charge in [0.25, 0.3) is 5.91 Å². The Morgan fingerprint density at radius 3 is 2.75 bits per heavy atom. The van der Waals surface area contributed by atoms with E-state index in [0.717, 1.165) is 11.3 Å². The number of hydrogen-bond acceptors (Lipinski definition) is 5. The van der Waals surface area contributed by atoms with Crippen LogP contribution in [0.1, 0.15) is 16.1 Å². The van der Waals surface area contributed by atoms with Gasteiger partial charge in [-0.15, -0.1) is 0 Å². The number of carbonyl (C=O) groups excluding carboxylic acids is 1. The second kappa shape index (κ2) is 8.52. The summed E-state index contributed by atoms with van der Waals surface area (Å²) < 4.78 is 8.89. The lowest BCUT2D eigenvalue weighted by molar-refractivity contribution is 0.102. The molecule has 8 nitrogen and oxygen atoms in total. The normalized spacial score (nSPS) is 10.9. The van der Waals surface area contributed by atoms with Gasteiger partial charge >= 0.3 is 0 Å². The molecule has 5 aromatic rings. The van der Waals surface area contributed by atoms with Crippen molar-refractivity contribution in [3.8, 4) is 17.1 Å². The number of benzene rings is 2. The second-order valence-corrected chi connectivity index (χ2v) is 7.42. The van der Waals surface area contributed by atoms with Gasteiger partial charge in [-0.1, -0.05) is 35.9 Å². The summed E-state index contributed by atoms with van der Waals surface area (Å²) in [5.74, 6) is 0.243. The lowest BCUT2D eigenvalue weighted by Crippen LogP contribution is -2.15. The highest BCUT2D eigenvalue weighted by molar-refractivity contribution is 6.30. The van der Waals surface area contributed by atoms with E-state index in [2.05, 4.69) is 20.5 Å². The first-order valence-corrected chi connectivity index (χ1v) is 10.2. The zero-order valence-electron chi connectivity index (χ0n) is 16.7. The number of halogens is 1. The van der Waals surface area contributed by atoms with Gasteiger partial charge in [0.05, 0.1) is 18.5 Å². The maximum Gasteiger partial charge on any atom is 0.276 e. The number of anilines is 1. The van der Waals surface area contributed by atoms with Crippen LogP contribution in [0.2, 0.25) is 5.02 Å². The summed E-state index contributed by atoms with van der Waals surface area (Å²) in [7, 11) is 0. The van der Waals surface area contributed by atoms with E-state index in [9.17, 15) is 4.79 Å². The molecule has 3 heterocycles. The summed E-state index contributed by atoms with van der Waals surface area (Å²) in [6.45, 7) is 0.477. The van der Waals surface area contributed by atoms with Crippen LogP contribution in [-0.4, -0.2) is 30.5 Å². The molecule has 0 radical (unpaired) electrons. The molecule has 0 aliphatic rings. The van der Waals surface area contributed by atoms with Crippen molar-refractivity contribution in [3.63, 3.8) is 0 Å². The van der Waals surface area contributed by atoms with Gasteiger partial charge in [0.1, 0.15) is 18.3 Å². The molecule has 0 atom stereocenters. The van der Waals surface area contributed by atoms with E-state index in [1.165, 1.54) is 6.33 Å². The van der Waals surface area contributed by atoms with Crippen molar-refractivity contribution in [1.29, 1.82) is 0 Å². The number of rotatable bonds is 6. The summed E-state index contributed by atoms with van der Waals surface area (Å²) in [4.78, 5) is 17.1. The van der Waals surface area contributed by atoms with Gasteiger partial charge in [0.15, 0.2) is 11.5 Å². The molecule has 0 aliphatic heterocycles. The third kappa shape index (κ3) is 4.03. The van der Waals surface area contributed by atoms with E-state index in [1.807, 2.05) is 42.5 Å². The van der Waals surface area contributed by atoms with E-state index in [1.54, 1.807) is 46.2 Å². The molecule has 1 amide bonds. The van der Waals surface area contributed by atoms with Crippen LogP contribution < -0.4 is 5.32 Å². The van der Waals surface area contributed by atoms with Crippen molar-refractivity contribution < 1.29 is 9.21 Å². The largest absolute Gasteiger partial charge is 0.463 e. The fourth-order valence-corrected chi connectivity index (χ4v) is 3.54. The van der Waals surface area contributed by atoms with Crippen LogP contribution in [0.15, 0.2) is 90.1 Å². The highest BCUT2D eigenvalue weighted by Gasteiger charge is 2.19. The summed E-state index contributed by atoms with van der Waals surface area (Å²) in [6, 6.07) is 20.1. The average molecular weight is 445 g/mol. The minimum absolute atomic E-state index is 0.243. The van der Waals surface area contributed by atoms with Crippen LogP contribution in [0.5, 0.6) is 0 Å². The fourth-order valence-electron chi connectivity index (χ4n) is 3.35. The fraction of sp³-hybridized carbons (Fsp3) is 0.0435. The first kappa shape index (κ1) is 19.8. The third-order valence-electron chi connectivity index (χ3n) is 4.83. The molecular formula is C23H17ClN6O2. The molecule has 9 heteroatoms. The minimum atomic E-state index is -0.343. The highest BCUT2D eigenvalue weighted by atomic mass is 35.5. The van der Waals surface area contributed by atoms with Gasteiger partial charge in [-0.05, 0) is 42.0 Å². The highest BCUT2D eigenvalue weighted by Crippen LogP contribution is 2.26. The molecule has 0 aliphatic carbocycles. The number of aromatic nitrogens is 5. The lowest BCUT2D eigenvalue weighted by Gasteiger charge is -2.10. The van der Waals surface area contributed by atoms with Gasteiger partial charge in [-0.3, -0.25) is 4.79 Å². The molecule has 32 heavy (non-hydrogen) atoms. The zero-order chi connectivity index (χ0) is 21.9. The van der Waals surface area contributed by atoms with Crippen LogP contribution in [0.25, 0.3) is 17.1 Å². The molecule has 0 spiro atoms. The molecule has 1 N–H and O–H groups in total. The van der Waals surface area contributed by atoms with Crippen molar-refractivity contribution in [2.75, 3.05) is 5.32 Å². The number of para-hydroxylation sites is 1. The molecular weight excluding hydrogens is 428 g/mol. The summed E-state index contributed by atoms with van der Waals surface area (Å²) in [6.07, 6.45) is 4.67. The molecule has 0 fully saturated rings. The second-order valence-electron chi connectivity index (χ2n) is 6.99. The summed E-state index contributed by atoms with van der Waals surface area (Å²) in [5.41, 5.74) is 3.16. The Hall–Kier alpha value is -4.17. The van der Waals surface area contributed by atoms with Crippen LogP contribution in [0.3, 0.4) is 0 Å². The molecule has 0 unspecified atom stereocenters. The summed E-state index contributed by atoms with van der Waals surface area (Å²) >= 11 is 6.17. The first-order chi connectivity index (χ1) is 15.7. The third-order valence-corrected chi connectivity index (χ3v) is 5.07. The van der Waals surface area contributed by atoms with Gasteiger partial charge in [-0.25, -0.2) is 14.3 Å². The number of amides is 1. The Balaban J connectivity index is 1.48. The van der Waals surface area contributed by atoms with Crippen LogP contribution >= 0.6 is 11.6 Å². The Morgan fingerprint density at radius 2 is 1.97 bits per heavy atom. The Morgan fingerprint density at radius 1 is 1.06 bits per heavy atom. The number of hydrogen-bond donors (Lipinski definition) is 1. The van der Waals surface area contributed by atoms with Gasteiger partial charge in [0, 0.05) is 16.8 Å². The minimum Gasteiger partial charge on any atom is -0.463 e. The predicted molar refractivity (Wildman–Crippen MR) is 120 cm³/mol. The van der Waals surface area contributed by atoms with Crippen molar-refractivity contribution >= 4 is 23.2 Å². The van der Waals surface area contributed by atoms with Gasteiger partial charge < -0.3 is 9.73 Å². The quantitative estimate of drug-likeness (QED) is 0.410. The lowest BCUT2D eigenvalue weighted by atomic mass is 10.1. The maximum absolute atomic E-state index is 13.1. The topological polar surface area (TPSA) is 90.8 Å².